The lowest BCUT2D eigenvalue weighted by Crippen LogP contribution is -2.04. The van der Waals surface area contributed by atoms with Crippen molar-refractivity contribution < 1.29 is 5.11 Å². The molecule has 20 heavy (non-hydrogen) atoms. The van der Waals surface area contributed by atoms with Crippen LogP contribution in [0, 0.1) is 0 Å². The molecule has 0 saturated heterocycles. The zero-order valence-corrected chi connectivity index (χ0v) is 11.4. The van der Waals surface area contributed by atoms with E-state index < -0.39 is 0 Å². The molecule has 0 aliphatic carbocycles. The summed E-state index contributed by atoms with van der Waals surface area (Å²) < 4.78 is 0. The largest absolute Gasteiger partial charge is 0.508 e. The molecule has 1 aromatic heterocycles. The third-order valence-electron chi connectivity index (χ3n) is 3.86. The van der Waals surface area contributed by atoms with Crippen LogP contribution in [0.25, 0.3) is 10.9 Å². The highest BCUT2D eigenvalue weighted by Gasteiger charge is 2.17. The molecule has 3 rings (SSSR count). The van der Waals surface area contributed by atoms with Gasteiger partial charge in [0.2, 0.25) is 0 Å². The summed E-state index contributed by atoms with van der Waals surface area (Å²) >= 11 is 0. The first-order chi connectivity index (χ1) is 9.70. The molecule has 0 aliphatic heterocycles. The van der Waals surface area contributed by atoms with Gasteiger partial charge in [-0.25, -0.2) is 0 Å². The van der Waals surface area contributed by atoms with Gasteiger partial charge in [-0.2, -0.15) is 0 Å². The maximum atomic E-state index is 9.66. The summed E-state index contributed by atoms with van der Waals surface area (Å²) in [5.74, 6) is 0.509. The number of phenolic OH excluding ortho intramolecular Hbond substituents is 1. The average Bonchev–Trinajstić information content (AvgIpc) is 2.85. The molecule has 0 aliphatic rings. The van der Waals surface area contributed by atoms with Crippen LogP contribution in [-0.2, 0) is 6.54 Å². The van der Waals surface area contributed by atoms with Gasteiger partial charge in [0.15, 0.2) is 0 Å². The Hall–Kier alpha value is -2.26. The summed E-state index contributed by atoms with van der Waals surface area (Å²) in [5, 5.41) is 10.7. The monoisotopic (exact) mass is 266 g/mol. The minimum atomic E-state index is 0.240. The number of phenols is 1. The molecule has 0 amide bonds. The average molecular weight is 266 g/mol. The minimum Gasteiger partial charge on any atom is -0.508 e. The first-order valence-electron chi connectivity index (χ1n) is 6.79. The Morgan fingerprint density at radius 3 is 2.60 bits per heavy atom. The Kier molecular flexibility index (Phi) is 3.20. The van der Waals surface area contributed by atoms with Crippen LogP contribution in [-0.4, -0.2) is 10.1 Å². The van der Waals surface area contributed by atoms with Crippen molar-refractivity contribution in [2.75, 3.05) is 0 Å². The Bertz CT molecular complexity index is 731. The Balaban J connectivity index is 2.16. The van der Waals surface area contributed by atoms with E-state index in [2.05, 4.69) is 24.0 Å². The second-order valence-corrected chi connectivity index (χ2v) is 5.08. The van der Waals surface area contributed by atoms with Crippen molar-refractivity contribution in [2.45, 2.75) is 19.4 Å². The first kappa shape index (κ1) is 12.8. The summed E-state index contributed by atoms with van der Waals surface area (Å²) in [5.41, 5.74) is 10.4. The second kappa shape index (κ2) is 5.02. The highest BCUT2D eigenvalue weighted by Crippen LogP contribution is 2.32. The molecule has 0 spiro atoms. The van der Waals surface area contributed by atoms with E-state index in [1.807, 2.05) is 24.3 Å². The molecule has 3 heteroatoms. The summed E-state index contributed by atoms with van der Waals surface area (Å²) in [6.07, 6.45) is 0. The van der Waals surface area contributed by atoms with Crippen LogP contribution < -0.4 is 5.73 Å². The molecule has 2 aromatic carbocycles. The van der Waals surface area contributed by atoms with E-state index in [1.165, 1.54) is 5.56 Å². The summed E-state index contributed by atoms with van der Waals surface area (Å²) in [4.78, 5) is 3.45. The number of hydrogen-bond acceptors (Lipinski definition) is 2. The van der Waals surface area contributed by atoms with Gasteiger partial charge in [0.05, 0.1) is 0 Å². The third-order valence-corrected chi connectivity index (χ3v) is 3.86. The van der Waals surface area contributed by atoms with Gasteiger partial charge in [0.1, 0.15) is 5.75 Å². The van der Waals surface area contributed by atoms with E-state index in [1.54, 1.807) is 12.1 Å². The van der Waals surface area contributed by atoms with Crippen LogP contribution in [0.5, 0.6) is 5.75 Å². The van der Waals surface area contributed by atoms with E-state index in [0.717, 1.165) is 22.2 Å². The van der Waals surface area contributed by atoms with Crippen molar-refractivity contribution >= 4 is 10.9 Å². The molecule has 3 aromatic rings. The quantitative estimate of drug-likeness (QED) is 0.679. The lowest BCUT2D eigenvalue weighted by atomic mass is 9.94. The van der Waals surface area contributed by atoms with Crippen LogP contribution in [0.2, 0.25) is 0 Å². The number of H-pyrrole nitrogens is 1. The Morgan fingerprint density at radius 2 is 1.90 bits per heavy atom. The van der Waals surface area contributed by atoms with Gasteiger partial charge in [0.25, 0.3) is 0 Å². The van der Waals surface area contributed by atoms with Gasteiger partial charge in [0, 0.05) is 29.1 Å². The highest BCUT2D eigenvalue weighted by atomic mass is 16.3. The lowest BCUT2D eigenvalue weighted by molar-refractivity contribution is 0.476. The molecule has 1 atom stereocenters. The van der Waals surface area contributed by atoms with Gasteiger partial charge < -0.3 is 15.8 Å². The third kappa shape index (κ3) is 2.06. The van der Waals surface area contributed by atoms with Crippen molar-refractivity contribution in [3.63, 3.8) is 0 Å². The van der Waals surface area contributed by atoms with Crippen LogP contribution in [0.1, 0.15) is 29.7 Å². The number of benzene rings is 2. The minimum absolute atomic E-state index is 0.240. The molecule has 1 heterocycles. The fourth-order valence-corrected chi connectivity index (χ4v) is 2.75. The molecular weight excluding hydrogens is 248 g/mol. The summed E-state index contributed by atoms with van der Waals surface area (Å²) in [6.45, 7) is 2.62. The topological polar surface area (TPSA) is 62.0 Å². The summed E-state index contributed by atoms with van der Waals surface area (Å²) in [7, 11) is 0. The van der Waals surface area contributed by atoms with Gasteiger partial charge in [-0.15, -0.1) is 0 Å². The van der Waals surface area contributed by atoms with Crippen LogP contribution in [0.15, 0.2) is 48.5 Å². The maximum absolute atomic E-state index is 9.66. The fraction of sp³-hybridized carbons (Fsp3) is 0.176. The number of nitrogens with two attached hydrogens (primary N) is 1. The number of aromatic amines is 1. The van der Waals surface area contributed by atoms with Crippen molar-refractivity contribution in [3.8, 4) is 5.75 Å². The number of rotatable bonds is 3. The molecule has 4 N–H and O–H groups in total. The van der Waals surface area contributed by atoms with Crippen LogP contribution in [0.4, 0.5) is 0 Å². The SMILES string of the molecule is CC(c1ccccc1)c1[nH]c2ccc(O)cc2c1CN. The predicted octanol–water partition coefficient (Wildman–Crippen LogP) is 3.48. The Labute approximate surface area is 118 Å². The van der Waals surface area contributed by atoms with E-state index in [9.17, 15) is 5.11 Å². The van der Waals surface area contributed by atoms with Gasteiger partial charge >= 0.3 is 0 Å². The molecule has 0 radical (unpaired) electrons. The molecule has 102 valence electrons. The predicted molar refractivity (Wildman–Crippen MR) is 81.8 cm³/mol. The zero-order chi connectivity index (χ0) is 14.1. The van der Waals surface area contributed by atoms with Gasteiger partial charge in [-0.1, -0.05) is 37.3 Å². The van der Waals surface area contributed by atoms with Gasteiger partial charge in [-0.05, 0) is 29.3 Å². The number of aromatic hydroxyl groups is 1. The molecule has 1 unspecified atom stereocenters. The van der Waals surface area contributed by atoms with Crippen molar-refractivity contribution in [1.29, 1.82) is 0 Å². The van der Waals surface area contributed by atoms with Crippen LogP contribution >= 0.6 is 0 Å². The summed E-state index contributed by atoms with van der Waals surface area (Å²) in [6, 6.07) is 15.7. The van der Waals surface area contributed by atoms with Crippen molar-refractivity contribution in [3.05, 3.63) is 65.4 Å². The highest BCUT2D eigenvalue weighted by molar-refractivity contribution is 5.86. The molecular formula is C17H18N2O. The van der Waals surface area contributed by atoms with E-state index in [-0.39, 0.29) is 11.7 Å². The Morgan fingerprint density at radius 1 is 1.15 bits per heavy atom. The smallest absolute Gasteiger partial charge is 0.116 e. The van der Waals surface area contributed by atoms with Gasteiger partial charge in [-0.3, -0.25) is 0 Å². The van der Waals surface area contributed by atoms with Crippen molar-refractivity contribution in [2.24, 2.45) is 5.73 Å². The molecule has 0 bridgehead atoms. The van der Waals surface area contributed by atoms with E-state index in [0.29, 0.717) is 6.54 Å². The van der Waals surface area contributed by atoms with Crippen molar-refractivity contribution in [1.82, 2.24) is 4.98 Å². The molecule has 3 nitrogen and oxygen atoms in total. The molecule has 0 fully saturated rings. The lowest BCUT2D eigenvalue weighted by Gasteiger charge is -2.12. The van der Waals surface area contributed by atoms with E-state index in [4.69, 9.17) is 5.73 Å². The number of fused-ring (bicyclic) bond motifs is 1. The first-order valence-corrected chi connectivity index (χ1v) is 6.79. The fourth-order valence-electron chi connectivity index (χ4n) is 2.75. The molecule has 0 saturated carbocycles. The number of nitrogens with one attached hydrogen (secondary N) is 1. The second-order valence-electron chi connectivity index (χ2n) is 5.08. The number of hydrogen-bond donors (Lipinski definition) is 3. The number of aromatic nitrogens is 1. The van der Waals surface area contributed by atoms with Crippen LogP contribution in [0.3, 0.4) is 0 Å². The maximum Gasteiger partial charge on any atom is 0.116 e. The zero-order valence-electron chi connectivity index (χ0n) is 11.4. The standard InChI is InChI=1S/C17H18N2O/c1-11(12-5-3-2-4-6-12)17-15(10-18)14-9-13(20)7-8-16(14)19-17/h2-9,11,19-20H,10,18H2,1H3. The normalized spacial score (nSPS) is 12.7. The van der Waals surface area contributed by atoms with E-state index >= 15 is 0 Å².